The lowest BCUT2D eigenvalue weighted by molar-refractivity contribution is 0.415. The molecular weight excluding hydrogens is 268 g/mol. The van der Waals surface area contributed by atoms with E-state index in [2.05, 4.69) is 50.9 Å². The van der Waals surface area contributed by atoms with Gasteiger partial charge in [0.25, 0.3) is 0 Å². The first kappa shape index (κ1) is 14.4. The monoisotopic (exact) mass is 292 g/mol. The standard InChI is InChI=1S/C15H24O2Si2/c1-16-12-7-8-13-14(17-18(2,3)4)9-10-19(5,6)15(13)11-12/h7-9,11H,10H2,1-6H3. The molecule has 1 aromatic carbocycles. The number of methoxy groups -OCH3 is 1. The minimum absolute atomic E-state index is 0.952. The number of fused-ring (bicyclic) bond motifs is 1. The summed E-state index contributed by atoms with van der Waals surface area (Å²) in [6.45, 7) is 11.5. The average molecular weight is 293 g/mol. The zero-order valence-electron chi connectivity index (χ0n) is 12.8. The third-order valence-electron chi connectivity index (χ3n) is 3.44. The maximum absolute atomic E-state index is 6.25. The fraction of sp³-hybridized carbons (Fsp3) is 0.467. The second-order valence-electron chi connectivity index (χ2n) is 6.78. The van der Waals surface area contributed by atoms with Crippen molar-refractivity contribution in [2.75, 3.05) is 7.11 Å². The van der Waals surface area contributed by atoms with Crippen LogP contribution in [0.15, 0.2) is 24.3 Å². The van der Waals surface area contributed by atoms with Gasteiger partial charge in [-0.25, -0.2) is 0 Å². The van der Waals surface area contributed by atoms with Crippen LogP contribution in [0.4, 0.5) is 0 Å². The van der Waals surface area contributed by atoms with Crippen LogP contribution in [0.2, 0.25) is 38.8 Å². The molecular formula is C15H24O2Si2. The Morgan fingerprint density at radius 1 is 1.16 bits per heavy atom. The molecule has 0 spiro atoms. The van der Waals surface area contributed by atoms with Gasteiger partial charge in [0.15, 0.2) is 0 Å². The van der Waals surface area contributed by atoms with E-state index >= 15 is 0 Å². The van der Waals surface area contributed by atoms with Crippen LogP contribution in [0.3, 0.4) is 0 Å². The van der Waals surface area contributed by atoms with Gasteiger partial charge in [-0.1, -0.05) is 13.1 Å². The molecule has 0 N–H and O–H groups in total. The molecule has 2 nitrogen and oxygen atoms in total. The van der Waals surface area contributed by atoms with Crippen molar-refractivity contribution in [2.24, 2.45) is 0 Å². The molecule has 1 aromatic rings. The summed E-state index contributed by atoms with van der Waals surface area (Å²) >= 11 is 0. The molecule has 2 rings (SSSR count). The predicted octanol–water partition coefficient (Wildman–Crippen LogP) is 3.82. The highest BCUT2D eigenvalue weighted by Gasteiger charge is 2.32. The first-order chi connectivity index (χ1) is 8.73. The van der Waals surface area contributed by atoms with Crippen molar-refractivity contribution < 1.29 is 9.16 Å². The minimum atomic E-state index is -1.57. The molecule has 0 radical (unpaired) electrons. The first-order valence-corrected chi connectivity index (χ1v) is 13.4. The summed E-state index contributed by atoms with van der Waals surface area (Å²) < 4.78 is 11.6. The molecule has 0 fully saturated rings. The third kappa shape index (κ3) is 3.12. The maximum Gasteiger partial charge on any atom is 0.242 e. The Morgan fingerprint density at radius 2 is 1.84 bits per heavy atom. The van der Waals surface area contributed by atoms with Crippen LogP contribution in [0, 0.1) is 0 Å². The van der Waals surface area contributed by atoms with Crippen molar-refractivity contribution in [3.05, 3.63) is 29.8 Å². The molecule has 0 atom stereocenters. The Morgan fingerprint density at radius 3 is 2.42 bits per heavy atom. The summed E-state index contributed by atoms with van der Waals surface area (Å²) in [5.74, 6) is 2.04. The van der Waals surface area contributed by atoms with E-state index in [0.29, 0.717) is 0 Å². The lowest BCUT2D eigenvalue weighted by Crippen LogP contribution is -2.45. The van der Waals surface area contributed by atoms with E-state index in [-0.39, 0.29) is 0 Å². The van der Waals surface area contributed by atoms with E-state index in [9.17, 15) is 0 Å². The topological polar surface area (TPSA) is 18.5 Å². The van der Waals surface area contributed by atoms with E-state index < -0.39 is 16.4 Å². The van der Waals surface area contributed by atoms with Crippen LogP contribution in [0.5, 0.6) is 5.75 Å². The molecule has 0 saturated heterocycles. The van der Waals surface area contributed by atoms with Crippen molar-refractivity contribution in [2.45, 2.75) is 38.8 Å². The van der Waals surface area contributed by atoms with Crippen LogP contribution in [-0.2, 0) is 4.43 Å². The maximum atomic E-state index is 6.25. The van der Waals surface area contributed by atoms with E-state index in [1.165, 1.54) is 10.8 Å². The van der Waals surface area contributed by atoms with E-state index in [4.69, 9.17) is 9.16 Å². The molecule has 0 unspecified atom stereocenters. The van der Waals surface area contributed by atoms with Crippen molar-refractivity contribution in [3.8, 4) is 5.75 Å². The molecule has 4 heteroatoms. The summed E-state index contributed by atoms with van der Waals surface area (Å²) in [7, 11) is -1.23. The highest BCUT2D eigenvalue weighted by molar-refractivity contribution is 6.91. The largest absolute Gasteiger partial charge is 0.544 e. The minimum Gasteiger partial charge on any atom is -0.544 e. The van der Waals surface area contributed by atoms with Gasteiger partial charge in [0.2, 0.25) is 8.32 Å². The predicted molar refractivity (Wildman–Crippen MR) is 87.3 cm³/mol. The second kappa shape index (κ2) is 4.83. The molecule has 1 aliphatic rings. The van der Waals surface area contributed by atoms with Gasteiger partial charge in [-0.3, -0.25) is 0 Å². The fourth-order valence-corrected chi connectivity index (χ4v) is 5.66. The third-order valence-corrected chi connectivity index (χ3v) is 7.36. The van der Waals surface area contributed by atoms with Gasteiger partial charge in [0, 0.05) is 5.56 Å². The molecule has 19 heavy (non-hydrogen) atoms. The quantitative estimate of drug-likeness (QED) is 0.789. The Labute approximate surface area is 118 Å². The number of benzene rings is 1. The van der Waals surface area contributed by atoms with Gasteiger partial charge < -0.3 is 9.16 Å². The Balaban J connectivity index is 2.47. The molecule has 104 valence electrons. The van der Waals surface area contributed by atoms with Crippen molar-refractivity contribution in [1.29, 1.82) is 0 Å². The second-order valence-corrected chi connectivity index (χ2v) is 15.9. The smallest absolute Gasteiger partial charge is 0.242 e. The van der Waals surface area contributed by atoms with Crippen LogP contribution in [-0.4, -0.2) is 23.5 Å². The zero-order valence-corrected chi connectivity index (χ0v) is 14.8. The molecule has 1 heterocycles. The summed E-state index contributed by atoms with van der Waals surface area (Å²) in [4.78, 5) is 0. The fourth-order valence-electron chi connectivity index (χ4n) is 2.42. The van der Waals surface area contributed by atoms with E-state index in [1.54, 1.807) is 7.11 Å². The average Bonchev–Trinajstić information content (AvgIpc) is 2.31. The molecule has 0 saturated carbocycles. The number of allylic oxidation sites excluding steroid dienone is 1. The van der Waals surface area contributed by atoms with Gasteiger partial charge in [-0.15, -0.1) is 0 Å². The lowest BCUT2D eigenvalue weighted by atomic mass is 10.1. The SMILES string of the molecule is COc1ccc2c(c1)[Si](C)(C)CC=C2O[Si](C)(C)C. The van der Waals surface area contributed by atoms with Crippen LogP contribution in [0.1, 0.15) is 5.56 Å². The van der Waals surface area contributed by atoms with Gasteiger partial charge in [-0.05, 0) is 55.1 Å². The molecule has 0 bridgehead atoms. The molecule has 0 aliphatic carbocycles. The number of ether oxygens (including phenoxy) is 1. The van der Waals surface area contributed by atoms with Crippen LogP contribution in [0.25, 0.3) is 5.76 Å². The Bertz CT molecular complexity index is 513. The number of hydrogen-bond acceptors (Lipinski definition) is 2. The first-order valence-electron chi connectivity index (χ1n) is 6.81. The summed E-state index contributed by atoms with van der Waals surface area (Å²) in [6.07, 6.45) is 2.30. The molecule has 1 aliphatic heterocycles. The van der Waals surface area contributed by atoms with Gasteiger partial charge in [-0.2, -0.15) is 0 Å². The molecule has 0 amide bonds. The number of hydrogen-bond donors (Lipinski definition) is 0. The summed E-state index contributed by atoms with van der Waals surface area (Å²) in [6, 6.07) is 7.55. The highest BCUT2D eigenvalue weighted by Crippen LogP contribution is 2.30. The van der Waals surface area contributed by atoms with Crippen LogP contribution >= 0.6 is 0 Å². The van der Waals surface area contributed by atoms with Crippen LogP contribution < -0.4 is 9.92 Å². The zero-order chi connectivity index (χ0) is 14.3. The Hall–Kier alpha value is -1.01. The molecule has 0 aromatic heterocycles. The van der Waals surface area contributed by atoms with Gasteiger partial charge in [0.1, 0.15) is 11.5 Å². The van der Waals surface area contributed by atoms with Crippen molar-refractivity contribution in [1.82, 2.24) is 0 Å². The van der Waals surface area contributed by atoms with Crippen molar-refractivity contribution in [3.63, 3.8) is 0 Å². The van der Waals surface area contributed by atoms with E-state index in [1.807, 2.05) is 6.07 Å². The summed E-state index contributed by atoms with van der Waals surface area (Å²) in [5, 5.41) is 1.46. The van der Waals surface area contributed by atoms with Gasteiger partial charge >= 0.3 is 0 Å². The summed E-state index contributed by atoms with van der Waals surface area (Å²) in [5.41, 5.74) is 1.28. The Kier molecular flexibility index (Phi) is 3.66. The normalized spacial score (nSPS) is 17.5. The lowest BCUT2D eigenvalue weighted by Gasteiger charge is -2.33. The van der Waals surface area contributed by atoms with E-state index in [0.717, 1.165) is 17.6 Å². The van der Waals surface area contributed by atoms with Gasteiger partial charge in [0.05, 0.1) is 15.2 Å². The highest BCUT2D eigenvalue weighted by atomic mass is 28.4. The number of rotatable bonds is 3. The van der Waals surface area contributed by atoms with Crippen molar-refractivity contribution >= 4 is 27.3 Å².